The van der Waals surface area contributed by atoms with Crippen LogP contribution in [0.3, 0.4) is 0 Å². The summed E-state index contributed by atoms with van der Waals surface area (Å²) in [7, 11) is 4.16. The van der Waals surface area contributed by atoms with Crippen LogP contribution in [0.4, 0.5) is 11.4 Å². The fourth-order valence-corrected chi connectivity index (χ4v) is 17.4. The van der Waals surface area contributed by atoms with Crippen molar-refractivity contribution >= 4 is 76.2 Å². The van der Waals surface area contributed by atoms with Gasteiger partial charge >= 0.3 is 42.1 Å². The van der Waals surface area contributed by atoms with Gasteiger partial charge in [-0.2, -0.15) is 155 Å². The Kier molecular flexibility index (Phi) is 37.4. The maximum Gasteiger partial charge on any atom is 4.00 e. The summed E-state index contributed by atoms with van der Waals surface area (Å²) in [6.45, 7) is 10.2. The summed E-state index contributed by atoms with van der Waals surface area (Å²) in [5, 5.41) is 29.7. The van der Waals surface area contributed by atoms with Crippen LogP contribution in [0.5, 0.6) is 0 Å². The third-order valence-electron chi connectivity index (χ3n) is 23.3. The quantitative estimate of drug-likeness (QED) is 0.0942. The molecule has 0 unspecified atom stereocenters. The number of allylic oxidation sites excluding steroid dienone is 1. The molecule has 0 radical (unpaired) electrons. The van der Waals surface area contributed by atoms with Gasteiger partial charge in [0.25, 0.3) is 0 Å². The van der Waals surface area contributed by atoms with Crippen LogP contribution in [0.2, 0.25) is 0 Å². The number of aromatic nitrogens is 12. The minimum atomic E-state index is 0. The number of aryl methyl sites for hydroxylation is 2. The van der Waals surface area contributed by atoms with E-state index in [9.17, 15) is 0 Å². The predicted octanol–water partition coefficient (Wildman–Crippen LogP) is 28.0. The molecule has 17 nitrogen and oxygen atoms in total. The van der Waals surface area contributed by atoms with Crippen molar-refractivity contribution in [3.63, 3.8) is 0 Å². The number of imidazole rings is 2. The molecule has 0 spiro atoms. The second-order valence-electron chi connectivity index (χ2n) is 33.1. The summed E-state index contributed by atoms with van der Waals surface area (Å²) in [6, 6.07) is 160. The van der Waals surface area contributed by atoms with E-state index in [-0.39, 0.29) is 84.3 Å². The molecule has 22 heteroatoms. The SMILES string of the molecule is CC1=C(c2ccc(-c3ccccc3)cc2)N(C)[CH-]N1c1[c-]cccc1.CN1[CH-]N(c2[c-]cccc2)C=C1c1ccc(-c2ccccc2)cc1.Cc1cc(-c2[c-]cccc2)[n-]n1.Cc1cc(-c2[c-]cccc2)[n-]n1.[Pt+4].[Pt+4].[Pt].[Pt].[c-]1ccccc1-c1ncc[n-]1.[c-]1ccccc1-c1ncc[n-]1.[c-]1ccccc1-n1cc(-c2ccc3c(c2)oc2ccccc23)cn1.[c-]1ccccc1-n1cc(-c2ccc3c(c2)sc2ccccc23)cn1. The van der Waals surface area contributed by atoms with Gasteiger partial charge in [-0.1, -0.05) is 201 Å². The van der Waals surface area contributed by atoms with Crippen LogP contribution in [0.15, 0.2) is 466 Å². The van der Waals surface area contributed by atoms with Gasteiger partial charge in [-0.05, 0) is 127 Å². The molecule has 0 aliphatic carbocycles. The Balaban J connectivity index is 0.000000128. The van der Waals surface area contributed by atoms with Crippen molar-refractivity contribution in [3.05, 3.63) is 546 Å². The van der Waals surface area contributed by atoms with Gasteiger partial charge in [-0.25, -0.2) is 11.4 Å². The topological polar surface area (TPSA) is 170 Å². The Labute approximate surface area is 918 Å². The summed E-state index contributed by atoms with van der Waals surface area (Å²) in [4.78, 5) is 24.8. The second kappa shape index (κ2) is 52.1. The number of hydrogen-bond acceptors (Lipinski definition) is 12. The molecular formula is C125H92N16OPt4S-6. The molecule has 8 aromatic heterocycles. The molecule has 16 aromatic carbocycles. The molecule has 0 amide bonds. The molecule has 24 aromatic rings. The number of nitrogens with zero attached hydrogens (tertiary/aromatic N) is 16. The first kappa shape index (κ1) is 106. The standard InChI is InChI=1S/C23H20N2.C22H18N2.C21H13N2O.C21H13N2S.2C10H8N2.2C9H6N2.4Pt/c1-18-23(24(2)17-25(18)22-11-7-4-8-12-22)21-15-13-20(14-16-21)19-9-5-3-6-10-19;1-23-17-24(21-10-6-3-7-11-21)16-22(23)20-14-12-19(13-15-20)18-8-4-2-5-9-18;2*1-2-6-17(7-3-1)23-14-16(13-22-23)15-10-11-19-18-8-4-5-9-20(18)24-21(19)12-15;2*1-8-7-10(12-11-8)9-5-3-2-4-6-9;2*1-2-4-8(5-3-1)9-10-6-7-11-9;;;;/h3-11,13-17H,1-2H3;2-10,12-17H,1H3;2*1-6,8-14H;2*2-5,7H,1H3;2*1-4,6-7H;;;;/q2*-2;2*-1;4*-2;;;2*+4. The zero-order chi connectivity index (χ0) is 97.3. The molecule has 2 aliphatic heterocycles. The zero-order valence-corrected chi connectivity index (χ0v) is 90.1. The molecule has 0 N–H and O–H groups in total. The second-order valence-corrected chi connectivity index (χ2v) is 34.2. The molecule has 0 atom stereocenters. The molecule has 26 rings (SSSR count). The Bertz CT molecular complexity index is 7850. The molecule has 147 heavy (non-hydrogen) atoms. The van der Waals surface area contributed by atoms with Crippen molar-refractivity contribution in [2.24, 2.45) is 0 Å². The van der Waals surface area contributed by atoms with Crippen molar-refractivity contribution in [2.45, 2.75) is 20.8 Å². The van der Waals surface area contributed by atoms with E-state index in [1.165, 1.54) is 76.2 Å². The molecule has 10 heterocycles. The molecule has 0 saturated carbocycles. The fraction of sp³-hybridized carbons (Fsp3) is 0.0400. The van der Waals surface area contributed by atoms with Gasteiger partial charge in [0, 0.05) is 125 Å². The first-order valence-electron chi connectivity index (χ1n) is 46.5. The average molecular weight is 2650 g/mol. The molecule has 0 fully saturated rings. The van der Waals surface area contributed by atoms with Crippen molar-refractivity contribution < 1.29 is 88.7 Å². The van der Waals surface area contributed by atoms with E-state index in [1.54, 1.807) is 24.8 Å². The maximum atomic E-state index is 5.97. The summed E-state index contributed by atoms with van der Waals surface area (Å²) in [5.74, 6) is 1.48. The number of furan rings is 1. The number of benzene rings is 16. The maximum absolute atomic E-state index is 5.97. The van der Waals surface area contributed by atoms with Gasteiger partial charge in [0.1, 0.15) is 11.2 Å². The van der Waals surface area contributed by atoms with E-state index in [1.807, 2.05) is 278 Å². The normalized spacial score (nSPS) is 11.5. The summed E-state index contributed by atoms with van der Waals surface area (Å²) < 4.78 is 12.3. The smallest absolute Gasteiger partial charge is 0.619 e. The Morgan fingerprint density at radius 2 is 0.721 bits per heavy atom. The summed E-state index contributed by atoms with van der Waals surface area (Å²) >= 11 is 1.84. The first-order valence-corrected chi connectivity index (χ1v) is 47.3. The van der Waals surface area contributed by atoms with Crippen molar-refractivity contribution in [1.29, 1.82) is 0 Å². The summed E-state index contributed by atoms with van der Waals surface area (Å²) in [6.07, 6.45) is 16.7. The van der Waals surface area contributed by atoms with Gasteiger partial charge in [0.05, 0.1) is 12.4 Å². The van der Waals surface area contributed by atoms with Crippen molar-refractivity contribution in [1.82, 2.24) is 69.7 Å². The van der Waals surface area contributed by atoms with E-state index >= 15 is 0 Å². The van der Waals surface area contributed by atoms with E-state index in [2.05, 4.69) is 341 Å². The minimum absolute atomic E-state index is 0. The van der Waals surface area contributed by atoms with E-state index in [0.717, 1.165) is 118 Å². The number of fused-ring (bicyclic) bond motifs is 6. The third-order valence-corrected chi connectivity index (χ3v) is 24.5. The van der Waals surface area contributed by atoms with Crippen LogP contribution < -0.4 is 30.0 Å². The van der Waals surface area contributed by atoms with Crippen LogP contribution in [0.1, 0.15) is 29.4 Å². The Morgan fingerprint density at radius 3 is 1.18 bits per heavy atom. The average Bonchev–Trinajstić information content (AvgIpc) is 1.64. The Hall–Kier alpha value is -15.8. The van der Waals surface area contributed by atoms with Crippen LogP contribution in [0.25, 0.3) is 155 Å². The van der Waals surface area contributed by atoms with Gasteiger partial charge in [0.15, 0.2) is 0 Å². The molecule has 730 valence electrons. The molecule has 0 saturated heterocycles. The monoisotopic (exact) mass is 2640 g/mol. The van der Waals surface area contributed by atoms with Crippen LogP contribution >= 0.6 is 11.3 Å². The van der Waals surface area contributed by atoms with Gasteiger partial charge in [-0.3, -0.25) is 9.36 Å². The van der Waals surface area contributed by atoms with Crippen LogP contribution in [-0.4, -0.2) is 63.6 Å². The molecule has 2 aliphatic rings. The number of rotatable bonds is 14. The minimum Gasteiger partial charge on any atom is -0.619 e. The van der Waals surface area contributed by atoms with Gasteiger partial charge in [-0.15, -0.1) is 168 Å². The third kappa shape index (κ3) is 26.9. The van der Waals surface area contributed by atoms with Crippen molar-refractivity contribution in [2.75, 3.05) is 23.9 Å². The van der Waals surface area contributed by atoms with Crippen molar-refractivity contribution in [3.8, 4) is 101 Å². The van der Waals surface area contributed by atoms with E-state index < -0.39 is 0 Å². The van der Waals surface area contributed by atoms with Gasteiger partial charge < -0.3 is 64.3 Å². The van der Waals surface area contributed by atoms with E-state index in [0.29, 0.717) is 0 Å². The van der Waals surface area contributed by atoms with Crippen LogP contribution in [0, 0.1) is 75.7 Å². The zero-order valence-electron chi connectivity index (χ0n) is 80.2. The molecule has 0 bridgehead atoms. The largest absolute Gasteiger partial charge is 4.00 e. The fourth-order valence-electron chi connectivity index (χ4n) is 16.3. The predicted molar refractivity (Wildman–Crippen MR) is 577 cm³/mol. The van der Waals surface area contributed by atoms with E-state index in [4.69, 9.17) is 4.42 Å². The van der Waals surface area contributed by atoms with Gasteiger partial charge in [0.2, 0.25) is 0 Å². The number of thiophene rings is 1. The first-order chi connectivity index (χ1) is 70.5. The molecular weight excluding hydrogens is 2550 g/mol. The van der Waals surface area contributed by atoms with Crippen LogP contribution in [-0.2, 0) is 84.3 Å². The Morgan fingerprint density at radius 1 is 0.327 bits per heavy atom. The summed E-state index contributed by atoms with van der Waals surface area (Å²) in [5.41, 5.74) is 28.8. The number of anilines is 2. The number of para-hydroxylation sites is 5. The number of hydrogen-bond donors (Lipinski definition) is 0.